The van der Waals surface area contributed by atoms with Gasteiger partial charge in [0.1, 0.15) is 0 Å². The largest absolute Gasteiger partial charge is 0.384 e. The Morgan fingerprint density at radius 2 is 2.00 bits per heavy atom. The van der Waals surface area contributed by atoms with Crippen LogP contribution in [0.3, 0.4) is 0 Å². The first-order chi connectivity index (χ1) is 9.17. The number of rotatable bonds is 5. The van der Waals surface area contributed by atoms with Crippen LogP contribution < -0.4 is 5.32 Å². The van der Waals surface area contributed by atoms with Gasteiger partial charge in [-0.1, -0.05) is 45.9 Å². The van der Waals surface area contributed by atoms with Crippen molar-refractivity contribution in [1.29, 1.82) is 0 Å². The van der Waals surface area contributed by atoms with Crippen LogP contribution in [0.1, 0.15) is 51.3 Å². The molecule has 0 fully saturated rings. The van der Waals surface area contributed by atoms with Gasteiger partial charge in [0.2, 0.25) is 0 Å². The van der Waals surface area contributed by atoms with E-state index in [-0.39, 0.29) is 0 Å². The van der Waals surface area contributed by atoms with Gasteiger partial charge in [0.15, 0.2) is 0 Å². The minimum Gasteiger partial charge on any atom is -0.384 e. The lowest BCUT2D eigenvalue weighted by Gasteiger charge is -2.15. The lowest BCUT2D eigenvalue weighted by molar-refractivity contribution is 0.828. The van der Waals surface area contributed by atoms with E-state index in [9.17, 15) is 0 Å². The van der Waals surface area contributed by atoms with Gasteiger partial charge in [-0.3, -0.25) is 4.98 Å². The molecule has 0 saturated carbocycles. The number of para-hydroxylation sites is 1. The lowest BCUT2D eigenvalue weighted by atomic mass is 10.0. The first-order valence-electron chi connectivity index (χ1n) is 7.33. The highest BCUT2D eigenvalue weighted by Crippen LogP contribution is 2.28. The van der Waals surface area contributed by atoms with Crippen molar-refractivity contribution in [1.82, 2.24) is 4.98 Å². The third-order valence-corrected chi connectivity index (χ3v) is 3.48. The number of hydrogen-bond donors (Lipinski definition) is 1. The number of fused-ring (bicyclic) bond motifs is 1. The number of aromatic nitrogens is 1. The molecule has 0 aliphatic carbocycles. The topological polar surface area (TPSA) is 24.9 Å². The van der Waals surface area contributed by atoms with Crippen molar-refractivity contribution >= 4 is 16.6 Å². The van der Waals surface area contributed by atoms with Gasteiger partial charge in [0.25, 0.3) is 0 Å². The molecule has 2 nitrogen and oxygen atoms in total. The normalized spacial score (nSPS) is 11.2. The molecule has 102 valence electrons. The van der Waals surface area contributed by atoms with Crippen molar-refractivity contribution in [3.8, 4) is 0 Å². The SMILES string of the molecule is CCCNc1cc(C(C)C)nc2c(CC)cccc12. The summed E-state index contributed by atoms with van der Waals surface area (Å²) < 4.78 is 0. The molecule has 1 heterocycles. The Hall–Kier alpha value is -1.57. The van der Waals surface area contributed by atoms with Crippen LogP contribution in [0.5, 0.6) is 0 Å². The highest BCUT2D eigenvalue weighted by molar-refractivity contribution is 5.93. The highest BCUT2D eigenvalue weighted by atomic mass is 14.9. The van der Waals surface area contributed by atoms with Crippen molar-refractivity contribution < 1.29 is 0 Å². The van der Waals surface area contributed by atoms with Gasteiger partial charge in [-0.15, -0.1) is 0 Å². The Morgan fingerprint density at radius 3 is 2.63 bits per heavy atom. The van der Waals surface area contributed by atoms with Crippen LogP contribution in [0.4, 0.5) is 5.69 Å². The average molecular weight is 256 g/mol. The van der Waals surface area contributed by atoms with E-state index in [2.05, 4.69) is 57.3 Å². The number of aryl methyl sites for hydroxylation is 1. The summed E-state index contributed by atoms with van der Waals surface area (Å²) in [6.45, 7) is 9.79. The van der Waals surface area contributed by atoms with Crippen LogP contribution in [0.15, 0.2) is 24.3 Å². The number of nitrogens with zero attached hydrogens (tertiary/aromatic N) is 1. The van der Waals surface area contributed by atoms with Gasteiger partial charge in [-0.05, 0) is 30.4 Å². The van der Waals surface area contributed by atoms with Crippen LogP contribution in [0.25, 0.3) is 10.9 Å². The van der Waals surface area contributed by atoms with Gasteiger partial charge in [-0.2, -0.15) is 0 Å². The molecule has 19 heavy (non-hydrogen) atoms. The number of benzene rings is 1. The summed E-state index contributed by atoms with van der Waals surface area (Å²) in [4.78, 5) is 4.87. The van der Waals surface area contributed by atoms with Crippen molar-refractivity contribution in [3.63, 3.8) is 0 Å². The molecule has 0 aliphatic rings. The maximum Gasteiger partial charge on any atom is 0.0758 e. The second-order valence-corrected chi connectivity index (χ2v) is 5.34. The molecule has 1 aromatic carbocycles. The van der Waals surface area contributed by atoms with Gasteiger partial charge in [0, 0.05) is 23.3 Å². The quantitative estimate of drug-likeness (QED) is 0.835. The predicted octanol–water partition coefficient (Wildman–Crippen LogP) is 4.74. The van der Waals surface area contributed by atoms with E-state index < -0.39 is 0 Å². The first kappa shape index (κ1) is 13.9. The second-order valence-electron chi connectivity index (χ2n) is 5.34. The van der Waals surface area contributed by atoms with Crippen LogP contribution in [0, 0.1) is 0 Å². The predicted molar refractivity (Wildman–Crippen MR) is 84.0 cm³/mol. The fraction of sp³-hybridized carbons (Fsp3) is 0.471. The zero-order valence-corrected chi connectivity index (χ0v) is 12.5. The summed E-state index contributed by atoms with van der Waals surface area (Å²) in [6, 6.07) is 8.70. The molecule has 0 radical (unpaired) electrons. The van der Waals surface area contributed by atoms with E-state index in [4.69, 9.17) is 4.98 Å². The number of nitrogens with one attached hydrogen (secondary N) is 1. The fourth-order valence-corrected chi connectivity index (χ4v) is 2.31. The van der Waals surface area contributed by atoms with Gasteiger partial charge >= 0.3 is 0 Å². The summed E-state index contributed by atoms with van der Waals surface area (Å²) in [5.41, 5.74) is 4.90. The molecule has 0 atom stereocenters. The van der Waals surface area contributed by atoms with Crippen LogP contribution in [-0.4, -0.2) is 11.5 Å². The highest BCUT2D eigenvalue weighted by Gasteiger charge is 2.10. The smallest absolute Gasteiger partial charge is 0.0758 e. The maximum atomic E-state index is 4.87. The molecular weight excluding hydrogens is 232 g/mol. The summed E-state index contributed by atoms with van der Waals surface area (Å²) in [6.07, 6.45) is 2.16. The summed E-state index contributed by atoms with van der Waals surface area (Å²) in [5, 5.41) is 4.79. The minimum absolute atomic E-state index is 0.455. The molecule has 0 spiro atoms. The Kier molecular flexibility index (Phi) is 4.41. The van der Waals surface area contributed by atoms with E-state index >= 15 is 0 Å². The lowest BCUT2D eigenvalue weighted by Crippen LogP contribution is -2.04. The molecule has 0 bridgehead atoms. The summed E-state index contributed by atoms with van der Waals surface area (Å²) >= 11 is 0. The van der Waals surface area contributed by atoms with Gasteiger partial charge in [0.05, 0.1) is 5.52 Å². The molecule has 0 unspecified atom stereocenters. The monoisotopic (exact) mass is 256 g/mol. The van der Waals surface area contributed by atoms with Crippen LogP contribution in [-0.2, 0) is 6.42 Å². The Bertz CT molecular complexity index is 558. The molecule has 0 amide bonds. The molecule has 2 aromatic rings. The summed E-state index contributed by atoms with van der Waals surface area (Å²) in [5.74, 6) is 0.455. The molecule has 1 N–H and O–H groups in total. The van der Waals surface area contributed by atoms with Gasteiger partial charge in [-0.25, -0.2) is 0 Å². The zero-order chi connectivity index (χ0) is 13.8. The molecule has 0 aliphatic heterocycles. The van der Waals surface area contributed by atoms with E-state index in [0.717, 1.165) is 24.9 Å². The molecule has 2 rings (SSSR count). The Balaban J connectivity index is 2.63. The molecule has 1 aromatic heterocycles. The number of pyridine rings is 1. The first-order valence-corrected chi connectivity index (χ1v) is 7.33. The van der Waals surface area contributed by atoms with Gasteiger partial charge < -0.3 is 5.32 Å². The molecular formula is C17H24N2. The molecule has 0 saturated heterocycles. The van der Waals surface area contributed by atoms with Crippen molar-refractivity contribution in [3.05, 3.63) is 35.5 Å². The fourth-order valence-electron chi connectivity index (χ4n) is 2.31. The number of hydrogen-bond acceptors (Lipinski definition) is 2. The average Bonchev–Trinajstić information content (AvgIpc) is 2.43. The third kappa shape index (κ3) is 2.89. The second kappa shape index (κ2) is 6.05. The van der Waals surface area contributed by atoms with Crippen molar-refractivity contribution in [2.24, 2.45) is 0 Å². The van der Waals surface area contributed by atoms with Crippen molar-refractivity contribution in [2.75, 3.05) is 11.9 Å². The van der Waals surface area contributed by atoms with Crippen LogP contribution >= 0.6 is 0 Å². The van der Waals surface area contributed by atoms with Crippen molar-refractivity contribution in [2.45, 2.75) is 46.5 Å². The Labute approximate surface area is 116 Å². The Morgan fingerprint density at radius 1 is 1.21 bits per heavy atom. The van der Waals surface area contributed by atoms with E-state index in [0.29, 0.717) is 5.92 Å². The summed E-state index contributed by atoms with van der Waals surface area (Å²) in [7, 11) is 0. The van der Waals surface area contributed by atoms with E-state index in [1.165, 1.54) is 22.3 Å². The minimum atomic E-state index is 0.455. The molecule has 2 heteroatoms. The van der Waals surface area contributed by atoms with E-state index in [1.54, 1.807) is 0 Å². The van der Waals surface area contributed by atoms with E-state index in [1.807, 2.05) is 0 Å². The maximum absolute atomic E-state index is 4.87. The van der Waals surface area contributed by atoms with Crippen LogP contribution in [0.2, 0.25) is 0 Å². The number of anilines is 1. The standard InChI is InChI=1S/C17H24N2/c1-5-10-18-16-11-15(12(3)4)19-17-13(6-2)8-7-9-14(16)17/h7-9,11-12H,5-6,10H2,1-4H3,(H,18,19). The third-order valence-electron chi connectivity index (χ3n) is 3.48. The zero-order valence-electron chi connectivity index (χ0n) is 12.5.